The third kappa shape index (κ3) is 4.04. The van der Waals surface area contributed by atoms with Crippen molar-refractivity contribution in [2.24, 2.45) is 0 Å². The normalized spacial score (nSPS) is 11.8. The molecule has 7 heteroatoms. The molecule has 126 valence electrons. The van der Waals surface area contributed by atoms with Gasteiger partial charge < -0.3 is 10.4 Å². The first-order chi connectivity index (χ1) is 12.1. The molecule has 3 nitrogen and oxygen atoms in total. The SMILES string of the molecule is [O-]/C(=C(\C(=S)Nc1ccccc1F)[n+]1ccccc1)c1ccc(Cl)s1. The molecule has 1 aromatic carbocycles. The third-order valence-electron chi connectivity index (χ3n) is 3.32. The number of para-hydroxylation sites is 1. The first-order valence-electron chi connectivity index (χ1n) is 7.26. The number of rotatable bonds is 4. The predicted octanol–water partition coefficient (Wildman–Crippen LogP) is 3.95. The second kappa shape index (κ2) is 7.74. The lowest BCUT2D eigenvalue weighted by Gasteiger charge is -2.15. The van der Waals surface area contributed by atoms with Crippen molar-refractivity contribution in [3.05, 3.63) is 82.0 Å². The number of pyridine rings is 1. The molecule has 0 spiro atoms. The molecule has 0 aliphatic heterocycles. The lowest BCUT2D eigenvalue weighted by Crippen LogP contribution is -2.39. The number of thiophene rings is 1. The van der Waals surface area contributed by atoms with E-state index in [4.69, 9.17) is 23.8 Å². The highest BCUT2D eigenvalue weighted by molar-refractivity contribution is 7.81. The third-order valence-corrected chi connectivity index (χ3v) is 4.85. The van der Waals surface area contributed by atoms with E-state index in [0.29, 0.717) is 9.21 Å². The van der Waals surface area contributed by atoms with E-state index in [1.807, 2.05) is 6.07 Å². The van der Waals surface area contributed by atoms with Crippen LogP contribution in [-0.2, 0) is 0 Å². The van der Waals surface area contributed by atoms with Crippen LogP contribution < -0.4 is 15.0 Å². The Hall–Kier alpha value is -2.28. The summed E-state index contributed by atoms with van der Waals surface area (Å²) in [5, 5.41) is 15.8. The lowest BCUT2D eigenvalue weighted by molar-refractivity contribution is -0.577. The fourth-order valence-corrected chi connectivity index (χ4v) is 3.47. The second-order valence-corrected chi connectivity index (χ2v) is 7.12. The number of nitrogens with one attached hydrogen (secondary N) is 1. The van der Waals surface area contributed by atoms with Crippen LogP contribution in [0.4, 0.5) is 10.1 Å². The molecule has 0 fully saturated rings. The maximum atomic E-state index is 13.9. The fourth-order valence-electron chi connectivity index (χ4n) is 2.18. The highest BCUT2D eigenvalue weighted by Crippen LogP contribution is 2.27. The zero-order chi connectivity index (χ0) is 17.8. The largest absolute Gasteiger partial charge is 0.867 e. The zero-order valence-electron chi connectivity index (χ0n) is 12.8. The van der Waals surface area contributed by atoms with Gasteiger partial charge in [0, 0.05) is 17.0 Å². The fraction of sp³-hybridized carbons (Fsp3) is 0. The predicted molar refractivity (Wildman–Crippen MR) is 102 cm³/mol. The molecule has 0 aliphatic carbocycles. The standard InChI is InChI=1S/C18H12ClFN2OS2/c19-15-9-8-14(25-15)17(23)16(22-10-4-1-5-11-22)18(24)21-13-7-3-2-6-12(13)20/h1-11H,(H-,21,23,24). The molecule has 0 radical (unpaired) electrons. The average molecular weight is 391 g/mol. The number of anilines is 1. The quantitative estimate of drug-likeness (QED) is 0.317. The first-order valence-corrected chi connectivity index (χ1v) is 8.86. The molecule has 3 rings (SSSR count). The Morgan fingerprint density at radius 3 is 2.44 bits per heavy atom. The summed E-state index contributed by atoms with van der Waals surface area (Å²) >= 11 is 12.5. The van der Waals surface area contributed by atoms with Crippen molar-refractivity contribution in [3.63, 3.8) is 0 Å². The Morgan fingerprint density at radius 1 is 1.08 bits per heavy atom. The van der Waals surface area contributed by atoms with Gasteiger partial charge in [0.15, 0.2) is 17.4 Å². The van der Waals surface area contributed by atoms with Gasteiger partial charge in [0.25, 0.3) is 0 Å². The van der Waals surface area contributed by atoms with Crippen molar-refractivity contribution in [1.29, 1.82) is 0 Å². The molecule has 1 N–H and O–H groups in total. The van der Waals surface area contributed by atoms with Crippen LogP contribution in [0.2, 0.25) is 4.34 Å². The van der Waals surface area contributed by atoms with Gasteiger partial charge in [-0.15, -0.1) is 11.3 Å². The van der Waals surface area contributed by atoms with Crippen LogP contribution in [0.25, 0.3) is 11.5 Å². The smallest absolute Gasteiger partial charge is 0.239 e. The Labute approximate surface area is 158 Å². The highest BCUT2D eigenvalue weighted by atomic mass is 35.5. The van der Waals surface area contributed by atoms with Crippen LogP contribution in [-0.4, -0.2) is 4.99 Å². The molecule has 3 aromatic rings. The number of aromatic nitrogens is 1. The van der Waals surface area contributed by atoms with Gasteiger partial charge >= 0.3 is 0 Å². The molecule has 0 aliphatic rings. The topological polar surface area (TPSA) is 39.0 Å². The summed E-state index contributed by atoms with van der Waals surface area (Å²) in [6, 6.07) is 14.8. The van der Waals surface area contributed by atoms with Crippen molar-refractivity contribution in [2.45, 2.75) is 0 Å². The van der Waals surface area contributed by atoms with E-state index in [9.17, 15) is 9.50 Å². The Kier molecular flexibility index (Phi) is 5.43. The number of hydrogen-bond donors (Lipinski definition) is 1. The lowest BCUT2D eigenvalue weighted by atomic mass is 10.2. The van der Waals surface area contributed by atoms with E-state index in [2.05, 4.69) is 5.32 Å². The van der Waals surface area contributed by atoms with Gasteiger partial charge in [-0.05, 0) is 30.0 Å². The summed E-state index contributed by atoms with van der Waals surface area (Å²) in [5.74, 6) is -0.740. The summed E-state index contributed by atoms with van der Waals surface area (Å²) in [5.41, 5.74) is 0.427. The number of hydrogen-bond acceptors (Lipinski definition) is 3. The molecule has 0 amide bonds. The second-order valence-electron chi connectivity index (χ2n) is 5.00. The monoisotopic (exact) mass is 390 g/mol. The van der Waals surface area contributed by atoms with Crippen LogP contribution in [0, 0.1) is 5.82 Å². The Balaban J connectivity index is 2.06. The van der Waals surface area contributed by atoms with Gasteiger partial charge in [-0.1, -0.05) is 42.0 Å². The van der Waals surface area contributed by atoms with Crippen LogP contribution in [0.15, 0.2) is 67.0 Å². The average Bonchev–Trinajstić information content (AvgIpc) is 3.04. The van der Waals surface area contributed by atoms with E-state index in [1.165, 1.54) is 17.4 Å². The minimum Gasteiger partial charge on any atom is -0.867 e. The first kappa shape index (κ1) is 17.5. The van der Waals surface area contributed by atoms with E-state index in [-0.39, 0.29) is 22.1 Å². The maximum Gasteiger partial charge on any atom is 0.239 e. The van der Waals surface area contributed by atoms with Gasteiger partial charge in [0.05, 0.1) is 10.0 Å². The van der Waals surface area contributed by atoms with Gasteiger partial charge in [-0.25, -0.2) is 4.39 Å². The Bertz CT molecular complexity index is 941. The molecule has 0 saturated carbocycles. The van der Waals surface area contributed by atoms with Crippen molar-refractivity contribution in [2.75, 3.05) is 5.32 Å². The number of nitrogens with zero attached hydrogens (tertiary/aromatic N) is 1. The molecule has 0 atom stereocenters. The molecule has 2 heterocycles. The minimum absolute atomic E-state index is 0.121. The van der Waals surface area contributed by atoms with Crippen molar-refractivity contribution < 1.29 is 14.1 Å². The molecular weight excluding hydrogens is 379 g/mol. The van der Waals surface area contributed by atoms with Crippen molar-refractivity contribution >= 4 is 57.3 Å². The molecule has 0 unspecified atom stereocenters. The van der Waals surface area contributed by atoms with Gasteiger partial charge in [0.1, 0.15) is 5.82 Å². The van der Waals surface area contributed by atoms with Gasteiger partial charge in [-0.3, -0.25) is 0 Å². The summed E-state index contributed by atoms with van der Waals surface area (Å²) < 4.78 is 16.0. The summed E-state index contributed by atoms with van der Waals surface area (Å²) in [6.07, 6.45) is 3.41. The number of benzene rings is 1. The summed E-state index contributed by atoms with van der Waals surface area (Å²) in [7, 11) is 0. The van der Waals surface area contributed by atoms with E-state index in [1.54, 1.807) is 59.4 Å². The van der Waals surface area contributed by atoms with Crippen LogP contribution in [0.3, 0.4) is 0 Å². The van der Waals surface area contributed by atoms with Crippen molar-refractivity contribution in [3.8, 4) is 0 Å². The van der Waals surface area contributed by atoms with Gasteiger partial charge in [-0.2, -0.15) is 4.57 Å². The van der Waals surface area contributed by atoms with Crippen LogP contribution in [0.1, 0.15) is 4.88 Å². The van der Waals surface area contributed by atoms with E-state index < -0.39 is 5.82 Å². The number of thiocarbonyl (C=S) groups is 1. The maximum absolute atomic E-state index is 13.9. The van der Waals surface area contributed by atoms with Crippen molar-refractivity contribution in [1.82, 2.24) is 0 Å². The Morgan fingerprint density at radius 2 is 1.80 bits per heavy atom. The van der Waals surface area contributed by atoms with Gasteiger partial charge in [0.2, 0.25) is 5.70 Å². The molecule has 25 heavy (non-hydrogen) atoms. The molecule has 2 aromatic heterocycles. The summed E-state index contributed by atoms with van der Waals surface area (Å²) in [6.45, 7) is 0. The van der Waals surface area contributed by atoms with E-state index >= 15 is 0 Å². The molecule has 0 bridgehead atoms. The molecular formula is C18H12ClFN2OS2. The zero-order valence-corrected chi connectivity index (χ0v) is 15.2. The van der Waals surface area contributed by atoms with Crippen LogP contribution in [0.5, 0.6) is 0 Å². The molecule has 0 saturated heterocycles. The summed E-state index contributed by atoms with van der Waals surface area (Å²) in [4.78, 5) is 0.574. The van der Waals surface area contributed by atoms with Crippen LogP contribution >= 0.6 is 35.2 Å². The number of halogens is 2. The highest BCUT2D eigenvalue weighted by Gasteiger charge is 2.20. The van der Waals surface area contributed by atoms with E-state index in [0.717, 1.165) is 0 Å². The minimum atomic E-state index is -0.450.